The second-order valence-corrected chi connectivity index (χ2v) is 8.01. The van der Waals surface area contributed by atoms with Crippen molar-refractivity contribution >= 4 is 21.6 Å². The molecule has 1 aromatic heterocycles. The highest BCUT2D eigenvalue weighted by atomic mass is 32.2. The zero-order valence-electron chi connectivity index (χ0n) is 15.4. The minimum atomic E-state index is -3.70. The third-order valence-corrected chi connectivity index (χ3v) is 5.67. The van der Waals surface area contributed by atoms with Gasteiger partial charge in [0.25, 0.3) is 15.9 Å². The molecule has 0 fully saturated rings. The molecule has 0 saturated carbocycles. The fourth-order valence-electron chi connectivity index (χ4n) is 2.67. The number of pyridine rings is 1. The molecule has 0 radical (unpaired) electrons. The van der Waals surface area contributed by atoms with Gasteiger partial charge in [0.15, 0.2) is 0 Å². The maximum atomic E-state index is 12.6. The van der Waals surface area contributed by atoms with E-state index in [1.165, 1.54) is 24.3 Å². The Labute approximate surface area is 164 Å². The fourth-order valence-corrected chi connectivity index (χ4v) is 3.72. The smallest absolute Gasteiger partial charge is 0.261 e. The van der Waals surface area contributed by atoms with Gasteiger partial charge in [-0.3, -0.25) is 14.5 Å². The molecule has 1 heterocycles. The fraction of sp³-hybridized carbons (Fsp3) is 0.143. The van der Waals surface area contributed by atoms with E-state index >= 15 is 0 Å². The zero-order chi connectivity index (χ0) is 20.0. The number of amides is 1. The molecule has 0 atom stereocenters. The van der Waals surface area contributed by atoms with E-state index < -0.39 is 10.0 Å². The first-order chi connectivity index (χ1) is 13.5. The zero-order valence-corrected chi connectivity index (χ0v) is 16.3. The van der Waals surface area contributed by atoms with Crippen LogP contribution in [0.15, 0.2) is 84.0 Å². The molecule has 2 aromatic carbocycles. The number of hydrogen-bond donors (Lipinski definition) is 1. The van der Waals surface area contributed by atoms with Gasteiger partial charge in [-0.25, -0.2) is 8.42 Å². The summed E-state index contributed by atoms with van der Waals surface area (Å²) in [7, 11) is -1.98. The van der Waals surface area contributed by atoms with Gasteiger partial charge in [-0.1, -0.05) is 18.2 Å². The molecule has 1 N–H and O–H groups in total. The molecule has 0 aliphatic heterocycles. The van der Waals surface area contributed by atoms with Crippen LogP contribution in [0.2, 0.25) is 0 Å². The topological polar surface area (TPSA) is 79.4 Å². The van der Waals surface area contributed by atoms with Crippen LogP contribution in [0.3, 0.4) is 0 Å². The number of hydrogen-bond acceptors (Lipinski definition) is 4. The summed E-state index contributed by atoms with van der Waals surface area (Å²) >= 11 is 0. The summed E-state index contributed by atoms with van der Waals surface area (Å²) in [6.07, 6.45) is 4.16. The van der Waals surface area contributed by atoms with Gasteiger partial charge in [0.1, 0.15) is 0 Å². The molecule has 3 rings (SSSR count). The number of rotatable bonds is 7. The molecule has 1 amide bonds. The number of anilines is 1. The van der Waals surface area contributed by atoms with E-state index in [4.69, 9.17) is 0 Å². The lowest BCUT2D eigenvalue weighted by molar-refractivity contribution is 0.0796. The average molecular weight is 395 g/mol. The largest absolute Gasteiger partial charge is 0.341 e. The first-order valence-corrected chi connectivity index (χ1v) is 10.3. The van der Waals surface area contributed by atoms with E-state index in [9.17, 15) is 13.2 Å². The Morgan fingerprint density at radius 3 is 2.25 bits per heavy atom. The molecule has 3 aromatic rings. The number of carbonyl (C=O) groups is 1. The monoisotopic (exact) mass is 395 g/mol. The summed E-state index contributed by atoms with van der Waals surface area (Å²) < 4.78 is 27.4. The van der Waals surface area contributed by atoms with Crippen molar-refractivity contribution in [3.8, 4) is 0 Å². The quantitative estimate of drug-likeness (QED) is 0.666. The molecule has 144 valence electrons. The molecular weight excluding hydrogens is 374 g/mol. The van der Waals surface area contributed by atoms with Crippen molar-refractivity contribution in [2.24, 2.45) is 0 Å². The second kappa shape index (κ2) is 8.67. The Kier molecular flexibility index (Phi) is 6.06. The van der Waals surface area contributed by atoms with Gasteiger partial charge in [-0.2, -0.15) is 0 Å². The summed E-state index contributed by atoms with van der Waals surface area (Å²) in [6, 6.07) is 18.4. The SMILES string of the molecule is CN(CCc1ccncc1)C(=O)c1ccc(S(=O)(=O)Nc2ccccc2)cc1. The number of aromatic nitrogens is 1. The molecule has 28 heavy (non-hydrogen) atoms. The minimum Gasteiger partial charge on any atom is -0.341 e. The number of nitrogens with zero attached hydrogens (tertiary/aromatic N) is 2. The van der Waals surface area contributed by atoms with Gasteiger partial charge in [-0.05, 0) is 60.5 Å². The van der Waals surface area contributed by atoms with E-state index in [1.807, 2.05) is 18.2 Å². The van der Waals surface area contributed by atoms with E-state index in [2.05, 4.69) is 9.71 Å². The number of sulfonamides is 1. The summed E-state index contributed by atoms with van der Waals surface area (Å²) in [5, 5.41) is 0. The number of nitrogens with one attached hydrogen (secondary N) is 1. The molecule has 0 aliphatic carbocycles. The summed E-state index contributed by atoms with van der Waals surface area (Å²) in [5.41, 5.74) is 2.03. The van der Waals surface area contributed by atoms with Gasteiger partial charge in [0.2, 0.25) is 0 Å². The molecule has 0 aliphatic rings. The summed E-state index contributed by atoms with van der Waals surface area (Å²) in [5.74, 6) is -0.158. The standard InChI is InChI=1S/C21H21N3O3S/c1-24(16-13-17-11-14-22-15-12-17)21(25)18-7-9-20(10-8-18)28(26,27)23-19-5-3-2-4-6-19/h2-12,14-15,23H,13,16H2,1H3. The minimum absolute atomic E-state index is 0.104. The van der Waals surface area contributed by atoms with E-state index in [0.717, 1.165) is 12.0 Å². The Morgan fingerprint density at radius 1 is 0.964 bits per heavy atom. The van der Waals surface area contributed by atoms with Crippen LogP contribution in [0.25, 0.3) is 0 Å². The van der Waals surface area contributed by atoms with Crippen molar-refractivity contribution in [1.29, 1.82) is 0 Å². The maximum Gasteiger partial charge on any atom is 0.261 e. The van der Waals surface area contributed by atoms with Crippen LogP contribution >= 0.6 is 0 Å². The maximum absolute atomic E-state index is 12.6. The molecule has 0 saturated heterocycles. The van der Waals surface area contributed by atoms with Crippen LogP contribution in [-0.4, -0.2) is 37.8 Å². The van der Waals surface area contributed by atoms with Crippen LogP contribution in [0.1, 0.15) is 15.9 Å². The average Bonchev–Trinajstić information content (AvgIpc) is 2.73. The number of para-hydroxylation sites is 1. The van der Waals surface area contributed by atoms with Gasteiger partial charge < -0.3 is 4.90 Å². The van der Waals surface area contributed by atoms with Crippen molar-refractivity contribution in [3.05, 3.63) is 90.3 Å². The first kappa shape index (κ1) is 19.6. The van der Waals surface area contributed by atoms with Crippen LogP contribution in [0, 0.1) is 0 Å². The number of benzene rings is 2. The van der Waals surface area contributed by atoms with E-state index in [-0.39, 0.29) is 10.8 Å². The lowest BCUT2D eigenvalue weighted by Crippen LogP contribution is -2.28. The second-order valence-electron chi connectivity index (χ2n) is 6.33. The van der Waals surface area contributed by atoms with Crippen LogP contribution in [0.4, 0.5) is 5.69 Å². The lowest BCUT2D eigenvalue weighted by Gasteiger charge is -2.17. The summed E-state index contributed by atoms with van der Waals surface area (Å²) in [6.45, 7) is 0.554. The Morgan fingerprint density at radius 2 is 1.61 bits per heavy atom. The van der Waals surface area contributed by atoms with E-state index in [1.54, 1.807) is 48.6 Å². The van der Waals surface area contributed by atoms with Gasteiger partial charge >= 0.3 is 0 Å². The third kappa shape index (κ3) is 4.95. The molecule has 0 unspecified atom stereocenters. The van der Waals surface area contributed by atoms with Crippen LogP contribution < -0.4 is 4.72 Å². The Bertz CT molecular complexity index is 1020. The van der Waals surface area contributed by atoms with Gasteiger partial charge in [0.05, 0.1) is 4.90 Å². The third-order valence-electron chi connectivity index (χ3n) is 4.27. The molecular formula is C21H21N3O3S. The first-order valence-electron chi connectivity index (χ1n) is 8.78. The van der Waals surface area contributed by atoms with Crippen molar-refractivity contribution in [2.75, 3.05) is 18.3 Å². The van der Waals surface area contributed by atoms with Gasteiger partial charge in [-0.15, -0.1) is 0 Å². The van der Waals surface area contributed by atoms with Crippen molar-refractivity contribution in [3.63, 3.8) is 0 Å². The molecule has 7 heteroatoms. The highest BCUT2D eigenvalue weighted by Crippen LogP contribution is 2.17. The Balaban J connectivity index is 1.65. The van der Waals surface area contributed by atoms with Crippen LogP contribution in [-0.2, 0) is 16.4 Å². The number of likely N-dealkylation sites (N-methyl/N-ethyl adjacent to an activating group) is 1. The molecule has 6 nitrogen and oxygen atoms in total. The predicted molar refractivity (Wildman–Crippen MR) is 109 cm³/mol. The van der Waals surface area contributed by atoms with Crippen molar-refractivity contribution < 1.29 is 13.2 Å². The molecule has 0 bridgehead atoms. The Hall–Kier alpha value is -3.19. The lowest BCUT2D eigenvalue weighted by atomic mass is 10.1. The molecule has 0 spiro atoms. The van der Waals surface area contributed by atoms with Crippen molar-refractivity contribution in [1.82, 2.24) is 9.88 Å². The van der Waals surface area contributed by atoms with Crippen molar-refractivity contribution in [2.45, 2.75) is 11.3 Å². The highest BCUT2D eigenvalue weighted by Gasteiger charge is 2.16. The van der Waals surface area contributed by atoms with Crippen LogP contribution in [0.5, 0.6) is 0 Å². The normalized spacial score (nSPS) is 11.0. The van der Waals surface area contributed by atoms with E-state index in [0.29, 0.717) is 17.8 Å². The highest BCUT2D eigenvalue weighted by molar-refractivity contribution is 7.92. The van der Waals surface area contributed by atoms with Gasteiger partial charge in [0, 0.05) is 37.2 Å². The summed E-state index contributed by atoms with van der Waals surface area (Å²) in [4.78, 5) is 18.3. The number of carbonyl (C=O) groups excluding carboxylic acids is 1. The predicted octanol–water partition coefficient (Wildman–Crippen LogP) is 3.20.